The van der Waals surface area contributed by atoms with Gasteiger partial charge in [0.05, 0.1) is 4.90 Å². The third kappa shape index (κ3) is 2.23. The molecule has 2 unspecified atom stereocenters. The molecule has 0 saturated carbocycles. The zero-order chi connectivity index (χ0) is 13.3. The van der Waals surface area contributed by atoms with Crippen molar-refractivity contribution < 1.29 is 22.7 Å². The van der Waals surface area contributed by atoms with Gasteiger partial charge in [-0.2, -0.15) is 4.31 Å². The minimum absolute atomic E-state index is 0.0228. The molecule has 0 amide bonds. The fourth-order valence-electron chi connectivity index (χ4n) is 1.97. The normalized spacial score (nSPS) is 25.2. The molecule has 1 aromatic rings. The highest BCUT2D eigenvalue weighted by Gasteiger charge is 2.44. The van der Waals surface area contributed by atoms with Gasteiger partial charge < -0.3 is 5.11 Å². The summed E-state index contributed by atoms with van der Waals surface area (Å²) in [5, 5.41) is 8.94. The summed E-state index contributed by atoms with van der Waals surface area (Å²) in [4.78, 5) is 10.9. The average Bonchev–Trinajstić information content (AvgIpc) is 2.73. The first-order valence-corrected chi connectivity index (χ1v) is 6.80. The van der Waals surface area contributed by atoms with Crippen molar-refractivity contribution in [2.24, 2.45) is 0 Å². The van der Waals surface area contributed by atoms with E-state index in [-0.39, 0.29) is 11.3 Å². The number of hydrogen-bond acceptors (Lipinski definition) is 3. The molecule has 1 saturated heterocycles. The molecule has 18 heavy (non-hydrogen) atoms. The molecule has 1 heterocycles. The van der Waals surface area contributed by atoms with Crippen molar-refractivity contribution in [2.75, 3.05) is 6.54 Å². The van der Waals surface area contributed by atoms with E-state index >= 15 is 0 Å². The van der Waals surface area contributed by atoms with Crippen LogP contribution in [0.4, 0.5) is 4.39 Å². The van der Waals surface area contributed by atoms with Gasteiger partial charge in [0.25, 0.3) is 0 Å². The molecule has 0 spiro atoms. The second-order valence-corrected chi connectivity index (χ2v) is 5.97. The summed E-state index contributed by atoms with van der Waals surface area (Å²) in [6.07, 6.45) is -1.74. The van der Waals surface area contributed by atoms with Crippen LogP contribution in [0.5, 0.6) is 0 Å². The van der Waals surface area contributed by atoms with Crippen LogP contribution in [0.2, 0.25) is 0 Å². The lowest BCUT2D eigenvalue weighted by molar-refractivity contribution is -0.140. The summed E-state index contributed by atoms with van der Waals surface area (Å²) in [6, 6.07) is 6.11. The number of rotatable bonds is 3. The van der Waals surface area contributed by atoms with E-state index in [2.05, 4.69) is 0 Å². The Bertz CT molecular complexity index is 545. The molecule has 0 aliphatic carbocycles. The topological polar surface area (TPSA) is 74.7 Å². The molecule has 0 aromatic heterocycles. The fourth-order valence-corrected chi connectivity index (χ4v) is 3.62. The van der Waals surface area contributed by atoms with Crippen LogP contribution in [0.1, 0.15) is 6.42 Å². The Hall–Kier alpha value is -1.47. The molecule has 1 N–H and O–H groups in total. The summed E-state index contributed by atoms with van der Waals surface area (Å²) in [5.41, 5.74) is 0. The third-order valence-electron chi connectivity index (χ3n) is 2.84. The Labute approximate surface area is 104 Å². The maximum absolute atomic E-state index is 13.3. The largest absolute Gasteiger partial charge is 0.480 e. The first-order chi connectivity index (χ1) is 8.43. The first kappa shape index (κ1) is 13.0. The molecular weight excluding hydrogens is 261 g/mol. The molecule has 7 heteroatoms. The van der Waals surface area contributed by atoms with Crippen molar-refractivity contribution in [3.8, 4) is 0 Å². The van der Waals surface area contributed by atoms with E-state index in [0.29, 0.717) is 0 Å². The third-order valence-corrected chi connectivity index (χ3v) is 4.73. The summed E-state index contributed by atoms with van der Waals surface area (Å²) in [6.45, 7) is -0.409. The molecular formula is C11H12FNO4S. The van der Waals surface area contributed by atoms with Gasteiger partial charge in [0.15, 0.2) is 0 Å². The Morgan fingerprint density at radius 3 is 2.50 bits per heavy atom. The number of benzene rings is 1. The molecule has 0 radical (unpaired) electrons. The van der Waals surface area contributed by atoms with E-state index < -0.39 is 34.8 Å². The maximum Gasteiger partial charge on any atom is 0.322 e. The smallest absolute Gasteiger partial charge is 0.322 e. The predicted molar refractivity (Wildman–Crippen MR) is 61.3 cm³/mol. The predicted octanol–water partition coefficient (Wildman–Crippen LogP) is 0.872. The van der Waals surface area contributed by atoms with Gasteiger partial charge in [0, 0.05) is 13.0 Å². The lowest BCUT2D eigenvalue weighted by Crippen LogP contribution is -2.40. The molecule has 2 atom stereocenters. The van der Waals surface area contributed by atoms with Crippen LogP contribution in [0, 0.1) is 0 Å². The van der Waals surface area contributed by atoms with Crippen LogP contribution in [0.15, 0.2) is 35.2 Å². The van der Waals surface area contributed by atoms with Gasteiger partial charge in [0.1, 0.15) is 12.2 Å². The van der Waals surface area contributed by atoms with Crippen molar-refractivity contribution in [3.63, 3.8) is 0 Å². The highest BCUT2D eigenvalue weighted by Crippen LogP contribution is 2.27. The molecule has 1 aliphatic heterocycles. The number of carboxylic acid groups (broad SMARTS) is 1. The van der Waals surface area contributed by atoms with Crippen molar-refractivity contribution >= 4 is 16.0 Å². The molecule has 1 aromatic carbocycles. The number of alkyl halides is 1. The van der Waals surface area contributed by atoms with Gasteiger partial charge in [0.2, 0.25) is 10.0 Å². The highest BCUT2D eigenvalue weighted by atomic mass is 32.2. The zero-order valence-corrected chi connectivity index (χ0v) is 10.2. The molecule has 1 aliphatic rings. The van der Waals surface area contributed by atoms with Crippen LogP contribution in [0.3, 0.4) is 0 Å². The van der Waals surface area contributed by atoms with E-state index in [1.807, 2.05) is 0 Å². The molecule has 2 rings (SSSR count). The van der Waals surface area contributed by atoms with E-state index in [4.69, 9.17) is 5.11 Å². The number of nitrogens with zero attached hydrogens (tertiary/aromatic N) is 1. The Balaban J connectivity index is 2.38. The van der Waals surface area contributed by atoms with Crippen molar-refractivity contribution in [1.29, 1.82) is 0 Å². The second-order valence-electron chi connectivity index (χ2n) is 4.07. The van der Waals surface area contributed by atoms with Gasteiger partial charge in [-0.05, 0) is 12.1 Å². The van der Waals surface area contributed by atoms with E-state index in [1.54, 1.807) is 6.07 Å². The monoisotopic (exact) mass is 273 g/mol. The number of carbonyl (C=O) groups is 1. The summed E-state index contributed by atoms with van der Waals surface area (Å²) in [5.74, 6) is -1.32. The Morgan fingerprint density at radius 2 is 1.94 bits per heavy atom. The number of sulfonamides is 1. The van der Waals surface area contributed by atoms with Gasteiger partial charge in [-0.15, -0.1) is 0 Å². The van der Waals surface area contributed by atoms with Crippen LogP contribution in [-0.4, -0.2) is 42.6 Å². The molecule has 98 valence electrons. The second kappa shape index (κ2) is 4.66. The molecule has 0 bridgehead atoms. The van der Waals surface area contributed by atoms with Crippen molar-refractivity contribution in [1.82, 2.24) is 4.31 Å². The number of carboxylic acids is 1. The first-order valence-electron chi connectivity index (χ1n) is 5.36. The van der Waals surface area contributed by atoms with E-state index in [1.165, 1.54) is 24.3 Å². The number of hydrogen-bond donors (Lipinski definition) is 1. The van der Waals surface area contributed by atoms with Gasteiger partial charge in [-0.1, -0.05) is 18.2 Å². The van der Waals surface area contributed by atoms with E-state index in [9.17, 15) is 17.6 Å². The lowest BCUT2D eigenvalue weighted by Gasteiger charge is -2.20. The minimum atomic E-state index is -3.95. The Kier molecular flexibility index (Phi) is 3.36. The van der Waals surface area contributed by atoms with Gasteiger partial charge >= 0.3 is 5.97 Å². The SMILES string of the molecule is O=C(O)C1CC(F)CN1S(=O)(=O)c1ccccc1. The van der Waals surface area contributed by atoms with Crippen molar-refractivity contribution in [3.05, 3.63) is 30.3 Å². The van der Waals surface area contributed by atoms with Gasteiger partial charge in [-0.3, -0.25) is 4.79 Å². The molecule has 5 nitrogen and oxygen atoms in total. The summed E-state index contributed by atoms with van der Waals surface area (Å²) in [7, 11) is -3.95. The van der Waals surface area contributed by atoms with Crippen molar-refractivity contribution in [2.45, 2.75) is 23.5 Å². The average molecular weight is 273 g/mol. The zero-order valence-electron chi connectivity index (χ0n) is 9.36. The Morgan fingerprint density at radius 1 is 1.33 bits per heavy atom. The quantitative estimate of drug-likeness (QED) is 0.886. The maximum atomic E-state index is 13.3. The lowest BCUT2D eigenvalue weighted by atomic mass is 10.2. The van der Waals surface area contributed by atoms with Crippen LogP contribution >= 0.6 is 0 Å². The number of halogens is 1. The van der Waals surface area contributed by atoms with Crippen LogP contribution in [0.25, 0.3) is 0 Å². The van der Waals surface area contributed by atoms with Crippen LogP contribution in [-0.2, 0) is 14.8 Å². The van der Waals surface area contributed by atoms with Crippen LogP contribution < -0.4 is 0 Å². The highest BCUT2D eigenvalue weighted by molar-refractivity contribution is 7.89. The minimum Gasteiger partial charge on any atom is -0.480 e. The number of aliphatic carboxylic acids is 1. The van der Waals surface area contributed by atoms with Gasteiger partial charge in [-0.25, -0.2) is 12.8 Å². The summed E-state index contributed by atoms with van der Waals surface area (Å²) >= 11 is 0. The van der Waals surface area contributed by atoms with E-state index in [0.717, 1.165) is 4.31 Å². The summed E-state index contributed by atoms with van der Waals surface area (Å²) < 4.78 is 38.4. The fraction of sp³-hybridized carbons (Fsp3) is 0.364. The standard InChI is InChI=1S/C11H12FNO4S/c12-8-6-10(11(14)15)13(7-8)18(16,17)9-4-2-1-3-5-9/h1-5,8,10H,6-7H2,(H,14,15). The molecule has 1 fully saturated rings.